The van der Waals surface area contributed by atoms with E-state index in [-0.39, 0.29) is 6.07 Å². The number of halogens is 6. The minimum Gasteiger partial charge on any atom is -0.382 e. The van der Waals surface area contributed by atoms with Crippen molar-refractivity contribution >= 4 is 17.2 Å². The van der Waals surface area contributed by atoms with Gasteiger partial charge in [0.25, 0.3) is 0 Å². The van der Waals surface area contributed by atoms with Crippen LogP contribution in [0.1, 0.15) is 11.1 Å². The zero-order valence-corrected chi connectivity index (χ0v) is 10.5. The first kappa shape index (κ1) is 17.3. The van der Waals surface area contributed by atoms with Crippen LogP contribution < -0.4 is 11.2 Å². The largest absolute Gasteiger partial charge is 0.418 e. The molecule has 0 heterocycles. The molecule has 1 aromatic carbocycles. The van der Waals surface area contributed by atoms with Crippen molar-refractivity contribution in [1.82, 2.24) is 0 Å². The Hall–Kier alpha value is -2.77. The van der Waals surface area contributed by atoms with Crippen LogP contribution in [0.5, 0.6) is 0 Å². The highest BCUT2D eigenvalue weighted by Gasteiger charge is 2.38. The first-order chi connectivity index (χ1) is 9.96. The molecule has 0 amide bonds. The van der Waals surface area contributed by atoms with Gasteiger partial charge in [-0.25, -0.2) is 0 Å². The van der Waals surface area contributed by atoms with Gasteiger partial charge in [-0.2, -0.15) is 36.7 Å². The van der Waals surface area contributed by atoms with E-state index in [0.717, 1.165) is 0 Å². The molecule has 0 saturated heterocycles. The summed E-state index contributed by atoms with van der Waals surface area (Å²) in [4.78, 5) is 0. The Kier molecular flexibility index (Phi) is 4.65. The molecule has 0 atom stereocenters. The fourth-order valence-electron chi connectivity index (χ4n) is 1.31. The minimum atomic E-state index is -5.08. The van der Waals surface area contributed by atoms with Gasteiger partial charge in [0.2, 0.25) is 5.71 Å². The zero-order chi connectivity index (χ0) is 17.1. The Bertz CT molecular complexity index is 652. The third-order valence-electron chi connectivity index (χ3n) is 2.30. The van der Waals surface area contributed by atoms with Crippen LogP contribution >= 0.6 is 0 Å². The molecule has 0 radical (unpaired) electrons. The lowest BCUT2D eigenvalue weighted by Gasteiger charge is -2.15. The van der Waals surface area contributed by atoms with Crippen molar-refractivity contribution in [2.24, 2.45) is 10.8 Å². The van der Waals surface area contributed by atoms with Crippen molar-refractivity contribution in [2.75, 3.05) is 5.43 Å². The van der Waals surface area contributed by atoms with Gasteiger partial charge in [-0.3, -0.25) is 10.8 Å². The summed E-state index contributed by atoms with van der Waals surface area (Å²) < 4.78 is 75.8. The molecule has 4 N–H and O–H groups in total. The average Bonchev–Trinajstić information content (AvgIpc) is 2.36. The van der Waals surface area contributed by atoms with E-state index in [9.17, 15) is 26.3 Å². The van der Waals surface area contributed by atoms with Crippen molar-refractivity contribution in [1.29, 1.82) is 10.7 Å². The van der Waals surface area contributed by atoms with Gasteiger partial charge in [0.1, 0.15) is 6.07 Å². The van der Waals surface area contributed by atoms with E-state index in [2.05, 4.69) is 5.10 Å². The molecule has 0 aromatic heterocycles. The number of alkyl halides is 6. The Balaban J connectivity index is 3.32. The van der Waals surface area contributed by atoms with Crippen LogP contribution in [0.3, 0.4) is 0 Å². The molecule has 1 rings (SSSR count). The lowest BCUT2D eigenvalue weighted by Crippen LogP contribution is -2.22. The summed E-state index contributed by atoms with van der Waals surface area (Å²) in [6, 6.07) is 2.20. The van der Waals surface area contributed by atoms with Crippen molar-refractivity contribution in [3.63, 3.8) is 0 Å². The second-order valence-corrected chi connectivity index (χ2v) is 3.85. The predicted molar refractivity (Wildman–Crippen MR) is 65.0 cm³/mol. The highest BCUT2D eigenvalue weighted by Crippen LogP contribution is 2.39. The number of nitrogens with zero attached hydrogens (tertiary/aromatic N) is 2. The van der Waals surface area contributed by atoms with E-state index in [1.54, 1.807) is 5.43 Å². The molecule has 0 unspecified atom stereocenters. The van der Waals surface area contributed by atoms with E-state index < -0.39 is 40.7 Å². The van der Waals surface area contributed by atoms with Crippen LogP contribution in [0.15, 0.2) is 23.3 Å². The maximum Gasteiger partial charge on any atom is 0.418 e. The van der Waals surface area contributed by atoms with Gasteiger partial charge < -0.3 is 5.73 Å². The van der Waals surface area contributed by atoms with Crippen LogP contribution in [-0.4, -0.2) is 11.5 Å². The number of amidine groups is 1. The second-order valence-electron chi connectivity index (χ2n) is 3.85. The quantitative estimate of drug-likeness (QED) is 0.345. The van der Waals surface area contributed by atoms with Gasteiger partial charge in [0.15, 0.2) is 5.84 Å². The molecule has 0 aliphatic heterocycles. The molecule has 1 aromatic rings. The van der Waals surface area contributed by atoms with Crippen molar-refractivity contribution in [3.8, 4) is 6.07 Å². The molecule has 0 spiro atoms. The molecular formula is C11H7F6N5. The Labute approximate surface area is 119 Å². The molecular weight excluding hydrogens is 316 g/mol. The first-order valence-corrected chi connectivity index (χ1v) is 5.33. The van der Waals surface area contributed by atoms with E-state index in [0.29, 0.717) is 12.1 Å². The zero-order valence-electron chi connectivity index (χ0n) is 10.5. The smallest absolute Gasteiger partial charge is 0.382 e. The third kappa shape index (κ3) is 4.11. The van der Waals surface area contributed by atoms with E-state index in [1.807, 2.05) is 0 Å². The first-order valence-electron chi connectivity index (χ1n) is 5.33. The normalized spacial score (nSPS) is 12.7. The van der Waals surface area contributed by atoms with Crippen molar-refractivity contribution in [3.05, 3.63) is 29.3 Å². The summed E-state index contributed by atoms with van der Waals surface area (Å²) in [6.45, 7) is 0. The summed E-state index contributed by atoms with van der Waals surface area (Å²) >= 11 is 0. The molecule has 5 nitrogen and oxygen atoms in total. The maximum absolute atomic E-state index is 12.8. The number of nitrogens with one attached hydrogen (secondary N) is 2. The van der Waals surface area contributed by atoms with Crippen LogP contribution in [0, 0.1) is 16.7 Å². The Morgan fingerprint density at radius 1 is 1.18 bits per heavy atom. The van der Waals surface area contributed by atoms with Crippen LogP contribution in [0.4, 0.5) is 32.0 Å². The predicted octanol–water partition coefficient (Wildman–Crippen LogP) is 2.95. The number of hydrazone groups is 1. The van der Waals surface area contributed by atoms with Gasteiger partial charge in [0, 0.05) is 0 Å². The Morgan fingerprint density at radius 2 is 1.77 bits per heavy atom. The fourth-order valence-corrected chi connectivity index (χ4v) is 1.31. The summed E-state index contributed by atoms with van der Waals surface area (Å²) in [6.07, 6.45) is -10.0. The highest BCUT2D eigenvalue weighted by atomic mass is 19.4. The maximum atomic E-state index is 12.8. The number of hydrogen-bond donors (Lipinski definition) is 3. The van der Waals surface area contributed by atoms with Crippen LogP contribution in [0.2, 0.25) is 0 Å². The highest BCUT2D eigenvalue weighted by molar-refractivity contribution is 6.45. The number of nitriles is 1. The topological polar surface area (TPSA) is 98.0 Å². The number of nitrogens with two attached hydrogens (primary N) is 1. The summed E-state index contributed by atoms with van der Waals surface area (Å²) in [5, 5.41) is 18.6. The van der Waals surface area contributed by atoms with Crippen LogP contribution in [-0.2, 0) is 12.4 Å². The third-order valence-corrected chi connectivity index (χ3v) is 2.30. The molecule has 118 valence electrons. The minimum absolute atomic E-state index is 0.0856. The van der Waals surface area contributed by atoms with E-state index >= 15 is 0 Å². The van der Waals surface area contributed by atoms with Crippen molar-refractivity contribution in [2.45, 2.75) is 12.4 Å². The number of benzene rings is 1. The molecule has 0 aliphatic rings. The Morgan fingerprint density at radius 3 is 2.18 bits per heavy atom. The lowest BCUT2D eigenvalue weighted by atomic mass is 10.1. The van der Waals surface area contributed by atoms with Gasteiger partial charge in [-0.1, -0.05) is 0 Å². The fraction of sp³-hybridized carbons (Fsp3) is 0.182. The van der Waals surface area contributed by atoms with E-state index in [4.69, 9.17) is 16.4 Å². The number of anilines is 1. The average molecular weight is 323 g/mol. The second kappa shape index (κ2) is 5.92. The molecule has 0 aliphatic carbocycles. The summed E-state index contributed by atoms with van der Waals surface area (Å²) in [7, 11) is 0. The van der Waals surface area contributed by atoms with Crippen LogP contribution in [0.25, 0.3) is 0 Å². The van der Waals surface area contributed by atoms with Gasteiger partial charge in [0.05, 0.1) is 16.8 Å². The SMILES string of the molecule is N#C/C(=N\Nc1ccc(C(F)(F)F)cc1C(F)(F)F)C(=N)N. The molecule has 0 bridgehead atoms. The standard InChI is InChI=1S/C11H7F6N5/c12-10(13,14)5-1-2-7(6(3-5)11(15,16)17)21-22-8(4-18)9(19)20/h1-3,21H,(H3,19,20)/b22-8+. The molecule has 0 saturated carbocycles. The lowest BCUT2D eigenvalue weighted by molar-refractivity contribution is -0.142. The summed E-state index contributed by atoms with van der Waals surface area (Å²) in [5.41, 5.74) is 2.09. The summed E-state index contributed by atoms with van der Waals surface area (Å²) in [5.74, 6) is -0.810. The number of hydrogen-bond acceptors (Lipinski definition) is 4. The van der Waals surface area contributed by atoms with Gasteiger partial charge >= 0.3 is 12.4 Å². The van der Waals surface area contributed by atoms with Gasteiger partial charge in [-0.15, -0.1) is 0 Å². The number of rotatable bonds is 3. The molecule has 0 fully saturated rings. The molecule has 11 heteroatoms. The molecule has 22 heavy (non-hydrogen) atoms. The van der Waals surface area contributed by atoms with E-state index in [1.165, 1.54) is 6.07 Å². The van der Waals surface area contributed by atoms with Gasteiger partial charge in [-0.05, 0) is 18.2 Å². The van der Waals surface area contributed by atoms with Crippen molar-refractivity contribution < 1.29 is 26.3 Å². The monoisotopic (exact) mass is 323 g/mol.